The SMILES string of the molecule is O=C1C(/C=C2\Sc3ccccc3N2c2ccccc2)=C(O)C/1=C\c1sc2ccccc2[n+]1-c1ccccc1. The van der Waals surface area contributed by atoms with Crippen LogP contribution in [0.3, 0.4) is 0 Å². The zero-order valence-corrected chi connectivity index (χ0v) is 21.7. The molecule has 5 aromatic rings. The number of carbonyl (C=O) groups excluding carboxylic acids is 1. The van der Waals surface area contributed by atoms with E-state index in [4.69, 9.17) is 0 Å². The second-order valence-electron chi connectivity index (χ2n) is 8.95. The van der Waals surface area contributed by atoms with Crippen molar-refractivity contribution < 1.29 is 14.5 Å². The average molecular weight is 530 g/mol. The second-order valence-corrected chi connectivity index (χ2v) is 11.1. The van der Waals surface area contributed by atoms with Crippen LogP contribution in [-0.4, -0.2) is 10.9 Å². The molecule has 4 nitrogen and oxygen atoms in total. The Morgan fingerprint density at radius 3 is 2.24 bits per heavy atom. The number of nitrogens with zero attached hydrogens (tertiary/aromatic N) is 2. The molecule has 1 aliphatic carbocycles. The molecule has 0 amide bonds. The molecule has 2 heterocycles. The minimum Gasteiger partial charge on any atom is -0.506 e. The van der Waals surface area contributed by atoms with Crippen molar-refractivity contribution in [1.82, 2.24) is 0 Å². The van der Waals surface area contributed by atoms with Crippen molar-refractivity contribution in [2.45, 2.75) is 4.90 Å². The average Bonchev–Trinajstić information content (AvgIpc) is 3.53. The van der Waals surface area contributed by atoms with Crippen LogP contribution in [0.5, 0.6) is 0 Å². The quantitative estimate of drug-likeness (QED) is 0.191. The van der Waals surface area contributed by atoms with Crippen LogP contribution in [0.4, 0.5) is 11.4 Å². The van der Waals surface area contributed by atoms with Gasteiger partial charge in [-0.3, -0.25) is 4.79 Å². The van der Waals surface area contributed by atoms with Gasteiger partial charge in [-0.25, -0.2) is 0 Å². The molecule has 0 atom stereocenters. The maximum atomic E-state index is 13.4. The van der Waals surface area contributed by atoms with Crippen molar-refractivity contribution in [2.75, 3.05) is 4.90 Å². The number of Topliss-reactive ketones (excluding diaryl/α,β-unsaturated/α-hetero) is 1. The van der Waals surface area contributed by atoms with Gasteiger partial charge in [0.05, 0.1) is 21.9 Å². The standard InChI is InChI=1S/C32H20N2O2S2/c35-31-23(19-29-33(21-11-3-1-4-12-21)25-15-7-9-17-27(25)37-29)32(36)24(31)20-30-34(22-13-5-2-6-14-22)26-16-8-10-18-28(26)38-30/h1-20H/p+1. The van der Waals surface area contributed by atoms with Crippen molar-refractivity contribution in [3.8, 4) is 5.69 Å². The first-order valence-electron chi connectivity index (χ1n) is 12.2. The zero-order chi connectivity index (χ0) is 25.6. The third-order valence-electron chi connectivity index (χ3n) is 6.65. The Morgan fingerprint density at radius 2 is 1.45 bits per heavy atom. The number of allylic oxidation sites excluding steroid dienone is 3. The molecule has 0 radical (unpaired) electrons. The van der Waals surface area contributed by atoms with Crippen molar-refractivity contribution in [2.24, 2.45) is 0 Å². The van der Waals surface area contributed by atoms with E-state index in [1.807, 2.05) is 97.1 Å². The van der Waals surface area contributed by atoms with E-state index in [1.165, 1.54) is 0 Å². The largest absolute Gasteiger partial charge is 0.506 e. The molecular formula is C32H21N2O2S2+. The highest BCUT2D eigenvalue weighted by atomic mass is 32.2. The summed E-state index contributed by atoms with van der Waals surface area (Å²) >= 11 is 3.19. The number of thioether (sulfide) groups is 1. The first kappa shape index (κ1) is 22.8. The molecule has 1 aliphatic heterocycles. The van der Waals surface area contributed by atoms with Gasteiger partial charge in [-0.15, -0.1) is 4.57 Å². The fraction of sp³-hybridized carbons (Fsp3) is 0. The van der Waals surface area contributed by atoms with Crippen LogP contribution in [0.2, 0.25) is 0 Å². The van der Waals surface area contributed by atoms with E-state index in [0.29, 0.717) is 11.1 Å². The van der Waals surface area contributed by atoms with Gasteiger partial charge in [0, 0.05) is 34.9 Å². The van der Waals surface area contributed by atoms with Crippen LogP contribution >= 0.6 is 23.1 Å². The number of benzene rings is 4. The first-order chi connectivity index (χ1) is 18.7. The molecule has 38 heavy (non-hydrogen) atoms. The number of carbonyl (C=O) groups is 1. The van der Waals surface area contributed by atoms with E-state index >= 15 is 0 Å². The van der Waals surface area contributed by atoms with Crippen LogP contribution in [0.15, 0.2) is 142 Å². The molecule has 0 bridgehead atoms. The Kier molecular flexibility index (Phi) is 5.50. The van der Waals surface area contributed by atoms with E-state index < -0.39 is 0 Å². The number of hydrogen-bond acceptors (Lipinski definition) is 5. The number of para-hydroxylation sites is 4. The number of thiazole rings is 1. The van der Waals surface area contributed by atoms with Crippen LogP contribution in [0.25, 0.3) is 22.0 Å². The number of aromatic nitrogens is 1. The molecule has 1 N–H and O–H groups in total. The van der Waals surface area contributed by atoms with Gasteiger partial charge in [-0.2, -0.15) is 0 Å². The molecule has 6 heteroatoms. The molecule has 2 aliphatic rings. The summed E-state index contributed by atoms with van der Waals surface area (Å²) in [5.74, 6) is -0.124. The molecule has 182 valence electrons. The number of rotatable bonds is 4. The van der Waals surface area contributed by atoms with Gasteiger partial charge in [0.1, 0.15) is 10.5 Å². The lowest BCUT2D eigenvalue weighted by Crippen LogP contribution is -2.32. The summed E-state index contributed by atoms with van der Waals surface area (Å²) in [5.41, 5.74) is 4.80. The number of aliphatic hydroxyl groups is 1. The van der Waals surface area contributed by atoms with Crippen LogP contribution in [0.1, 0.15) is 5.01 Å². The number of ketones is 1. The first-order valence-corrected chi connectivity index (χ1v) is 13.8. The van der Waals surface area contributed by atoms with Gasteiger partial charge < -0.3 is 10.0 Å². The predicted molar refractivity (Wildman–Crippen MR) is 155 cm³/mol. The minimum atomic E-state index is -0.156. The fourth-order valence-electron chi connectivity index (χ4n) is 4.84. The van der Waals surface area contributed by atoms with Crippen molar-refractivity contribution in [3.63, 3.8) is 0 Å². The molecule has 7 rings (SSSR count). The molecule has 0 fully saturated rings. The molecule has 1 aromatic heterocycles. The maximum Gasteiger partial charge on any atom is 0.269 e. The monoisotopic (exact) mass is 529 g/mol. The van der Waals surface area contributed by atoms with Crippen LogP contribution < -0.4 is 9.47 Å². The molecule has 0 unspecified atom stereocenters. The minimum absolute atomic E-state index is 0.0316. The van der Waals surface area contributed by atoms with Gasteiger partial charge in [0.15, 0.2) is 0 Å². The highest BCUT2D eigenvalue weighted by Gasteiger charge is 2.36. The predicted octanol–water partition coefficient (Wildman–Crippen LogP) is 7.74. The van der Waals surface area contributed by atoms with Crippen molar-refractivity contribution in [3.05, 3.63) is 142 Å². The summed E-state index contributed by atoms with van der Waals surface area (Å²) in [5, 5.41) is 12.8. The second kappa shape index (κ2) is 9.17. The number of hydrogen-bond donors (Lipinski definition) is 1. The molecular weight excluding hydrogens is 508 g/mol. The van der Waals surface area contributed by atoms with E-state index in [-0.39, 0.29) is 11.5 Å². The molecule has 0 saturated carbocycles. The number of anilines is 2. The third kappa shape index (κ3) is 3.69. The van der Waals surface area contributed by atoms with Crippen molar-refractivity contribution >= 4 is 56.5 Å². The van der Waals surface area contributed by atoms with Gasteiger partial charge >= 0.3 is 0 Å². The smallest absolute Gasteiger partial charge is 0.269 e. The summed E-state index contributed by atoms with van der Waals surface area (Å²) in [7, 11) is 0. The van der Waals surface area contributed by atoms with E-state index in [0.717, 1.165) is 42.2 Å². The summed E-state index contributed by atoms with van der Waals surface area (Å²) in [6.45, 7) is 0. The lowest BCUT2D eigenvalue weighted by atomic mass is 9.88. The van der Waals surface area contributed by atoms with Gasteiger partial charge in [0.25, 0.3) is 5.01 Å². The molecule has 0 spiro atoms. The van der Waals surface area contributed by atoms with Gasteiger partial charge in [0.2, 0.25) is 17.0 Å². The normalized spacial score (nSPS) is 16.9. The summed E-state index contributed by atoms with van der Waals surface area (Å²) in [6, 6.07) is 36.5. The van der Waals surface area contributed by atoms with Crippen LogP contribution in [-0.2, 0) is 4.79 Å². The fourth-order valence-corrected chi connectivity index (χ4v) is 7.06. The van der Waals surface area contributed by atoms with Crippen molar-refractivity contribution in [1.29, 1.82) is 0 Å². The number of fused-ring (bicyclic) bond motifs is 2. The topological polar surface area (TPSA) is 44.4 Å². The zero-order valence-electron chi connectivity index (χ0n) is 20.1. The van der Waals surface area contributed by atoms with E-state index in [1.54, 1.807) is 23.1 Å². The molecule has 0 saturated heterocycles. The summed E-state index contributed by atoms with van der Waals surface area (Å²) < 4.78 is 3.24. The molecule has 4 aromatic carbocycles. The van der Waals surface area contributed by atoms with E-state index in [9.17, 15) is 9.90 Å². The lowest BCUT2D eigenvalue weighted by molar-refractivity contribution is -0.564. The summed E-state index contributed by atoms with van der Waals surface area (Å²) in [4.78, 5) is 16.6. The maximum absolute atomic E-state index is 13.4. The van der Waals surface area contributed by atoms with Crippen LogP contribution in [0, 0.1) is 0 Å². The highest BCUT2D eigenvalue weighted by Crippen LogP contribution is 2.50. The Balaban J connectivity index is 1.31. The Morgan fingerprint density at radius 1 is 0.763 bits per heavy atom. The Bertz CT molecular complexity index is 1820. The lowest BCUT2D eigenvalue weighted by Gasteiger charge is -2.23. The third-order valence-corrected chi connectivity index (χ3v) is 8.80. The number of aliphatic hydroxyl groups excluding tert-OH is 1. The van der Waals surface area contributed by atoms with Gasteiger partial charge in [-0.05, 0) is 36.4 Å². The van der Waals surface area contributed by atoms with Gasteiger partial charge in [-0.1, -0.05) is 83.8 Å². The Labute approximate surface area is 228 Å². The highest BCUT2D eigenvalue weighted by molar-refractivity contribution is 8.03. The van der Waals surface area contributed by atoms with E-state index in [2.05, 4.69) is 33.7 Å². The summed E-state index contributed by atoms with van der Waals surface area (Å²) in [6.07, 6.45) is 3.62. The Hall–Kier alpha value is -4.39.